The van der Waals surface area contributed by atoms with Gasteiger partial charge in [0.1, 0.15) is 12.2 Å². The van der Waals surface area contributed by atoms with Crippen molar-refractivity contribution in [3.05, 3.63) is 52.1 Å². The maximum absolute atomic E-state index is 12.5. The van der Waals surface area contributed by atoms with Crippen LogP contribution in [0.15, 0.2) is 35.8 Å². The Morgan fingerprint density at radius 2 is 2.04 bits per heavy atom. The minimum atomic E-state index is -1.15. The molecule has 0 radical (unpaired) electrons. The summed E-state index contributed by atoms with van der Waals surface area (Å²) < 4.78 is 0. The fourth-order valence-corrected chi connectivity index (χ4v) is 2.85. The van der Waals surface area contributed by atoms with Crippen molar-refractivity contribution in [3.63, 3.8) is 0 Å². The van der Waals surface area contributed by atoms with E-state index in [-0.39, 0.29) is 16.5 Å². The van der Waals surface area contributed by atoms with Crippen molar-refractivity contribution < 1.29 is 19.5 Å². The smallest absolute Gasteiger partial charge is 0.322 e. The molecule has 0 spiro atoms. The number of benzene rings is 1. The molecular weight excluding hydrogens is 318 g/mol. The van der Waals surface area contributed by atoms with Gasteiger partial charge in [-0.15, -0.1) is 11.3 Å². The maximum atomic E-state index is 12.5. The van der Waals surface area contributed by atoms with E-state index in [4.69, 9.17) is 5.11 Å². The van der Waals surface area contributed by atoms with Gasteiger partial charge in [-0.05, 0) is 6.07 Å². The summed E-state index contributed by atoms with van der Waals surface area (Å²) in [4.78, 5) is 41.7. The number of nitrogens with one attached hydrogen (secondary N) is 2. The van der Waals surface area contributed by atoms with E-state index in [0.717, 1.165) is 22.2 Å². The number of thiazole rings is 1. The molecule has 0 fully saturated rings. The molecule has 8 heteroatoms. The number of aliphatic carboxylic acids is 1. The van der Waals surface area contributed by atoms with Crippen LogP contribution >= 0.6 is 11.3 Å². The molecule has 0 aliphatic carbocycles. The van der Waals surface area contributed by atoms with E-state index in [0.29, 0.717) is 5.56 Å². The van der Waals surface area contributed by atoms with Crippen LogP contribution in [0.3, 0.4) is 0 Å². The van der Waals surface area contributed by atoms with Crippen LogP contribution < -0.4 is 5.32 Å². The molecule has 2 aromatic heterocycles. The number of aromatic amines is 1. The molecule has 1 amide bonds. The predicted octanol–water partition coefficient (Wildman–Crippen LogP) is 1.67. The summed E-state index contributed by atoms with van der Waals surface area (Å²) in [5.41, 5.74) is 1.35. The average molecular weight is 329 g/mol. The Labute approximate surface area is 134 Å². The Hall–Kier alpha value is -3.00. The van der Waals surface area contributed by atoms with Crippen LogP contribution in [0.4, 0.5) is 0 Å². The number of carboxylic acid groups (broad SMARTS) is 1. The molecule has 0 saturated carbocycles. The van der Waals surface area contributed by atoms with Crippen LogP contribution in [0, 0.1) is 0 Å². The molecule has 23 heavy (non-hydrogen) atoms. The normalized spacial score (nSPS) is 10.6. The second-order valence-electron chi connectivity index (χ2n) is 4.69. The lowest BCUT2D eigenvalue weighted by molar-refractivity contribution is -0.135. The highest BCUT2D eigenvalue weighted by atomic mass is 32.1. The highest BCUT2D eigenvalue weighted by Crippen LogP contribution is 2.22. The van der Waals surface area contributed by atoms with E-state index < -0.39 is 18.4 Å². The van der Waals surface area contributed by atoms with Crippen LogP contribution in [0.5, 0.6) is 0 Å². The number of nitrogens with zero attached hydrogens (tertiary/aromatic N) is 1. The molecule has 116 valence electrons. The van der Waals surface area contributed by atoms with Crippen molar-refractivity contribution in [1.29, 1.82) is 0 Å². The standard InChI is InChI=1S/C15H11N3O4S/c19-12(20)6-17-14(22)11-7-23-15(18-11)13(21)9-5-16-10-4-2-1-3-8(9)10/h1-5,7,16H,6H2,(H,17,22)(H,19,20). The molecule has 0 unspecified atom stereocenters. The molecule has 0 aliphatic heterocycles. The number of ketones is 1. The number of carbonyl (C=O) groups excluding carboxylic acids is 2. The molecule has 3 rings (SSSR count). The van der Waals surface area contributed by atoms with Gasteiger partial charge in [0.25, 0.3) is 5.91 Å². The number of aromatic nitrogens is 2. The molecular formula is C15H11N3O4S. The Kier molecular flexibility index (Phi) is 3.90. The van der Waals surface area contributed by atoms with Gasteiger partial charge in [-0.2, -0.15) is 0 Å². The molecule has 0 bridgehead atoms. The summed E-state index contributed by atoms with van der Waals surface area (Å²) in [5.74, 6) is -2.06. The maximum Gasteiger partial charge on any atom is 0.322 e. The van der Waals surface area contributed by atoms with Crippen molar-refractivity contribution in [2.24, 2.45) is 0 Å². The Morgan fingerprint density at radius 3 is 2.83 bits per heavy atom. The van der Waals surface area contributed by atoms with Crippen LogP contribution in [0.25, 0.3) is 10.9 Å². The second kappa shape index (κ2) is 6.01. The molecule has 2 heterocycles. The van der Waals surface area contributed by atoms with E-state index in [1.807, 2.05) is 24.3 Å². The zero-order valence-corrected chi connectivity index (χ0v) is 12.5. The van der Waals surface area contributed by atoms with Crippen LogP contribution in [-0.4, -0.2) is 39.3 Å². The van der Waals surface area contributed by atoms with Gasteiger partial charge in [0.2, 0.25) is 5.78 Å². The average Bonchev–Trinajstić information content (AvgIpc) is 3.19. The summed E-state index contributed by atoms with van der Waals surface area (Å²) in [6.45, 7) is -0.498. The molecule has 7 nitrogen and oxygen atoms in total. The number of hydrogen-bond donors (Lipinski definition) is 3. The number of carboxylic acids is 1. The number of carbonyl (C=O) groups is 3. The van der Waals surface area contributed by atoms with Gasteiger partial charge in [-0.3, -0.25) is 14.4 Å². The first kappa shape index (κ1) is 14.9. The third-order valence-corrected chi connectivity index (χ3v) is 4.01. The third-order valence-electron chi connectivity index (χ3n) is 3.17. The summed E-state index contributed by atoms with van der Waals surface area (Å²) in [6, 6.07) is 7.38. The van der Waals surface area contributed by atoms with Crippen molar-refractivity contribution in [2.75, 3.05) is 6.54 Å². The summed E-state index contributed by atoms with van der Waals surface area (Å²) in [6.07, 6.45) is 1.61. The first-order chi connectivity index (χ1) is 11.1. The second-order valence-corrected chi connectivity index (χ2v) is 5.55. The topological polar surface area (TPSA) is 112 Å². The van der Waals surface area contributed by atoms with Crippen molar-refractivity contribution in [3.8, 4) is 0 Å². The van der Waals surface area contributed by atoms with Crippen molar-refractivity contribution in [1.82, 2.24) is 15.3 Å². The number of hydrogen-bond acceptors (Lipinski definition) is 5. The quantitative estimate of drug-likeness (QED) is 0.616. The molecule has 0 atom stereocenters. The SMILES string of the molecule is O=C(O)CNC(=O)c1csc(C(=O)c2c[nH]c3ccccc23)n1. The highest BCUT2D eigenvalue weighted by Gasteiger charge is 2.19. The first-order valence-corrected chi connectivity index (χ1v) is 7.50. The van der Waals surface area contributed by atoms with Crippen LogP contribution in [0.1, 0.15) is 25.9 Å². The fraction of sp³-hybridized carbons (Fsp3) is 0.0667. The Balaban J connectivity index is 1.84. The van der Waals surface area contributed by atoms with Gasteiger partial charge in [0, 0.05) is 22.5 Å². The number of H-pyrrole nitrogens is 1. The highest BCUT2D eigenvalue weighted by molar-refractivity contribution is 7.12. The third kappa shape index (κ3) is 2.97. The van der Waals surface area contributed by atoms with Crippen LogP contribution in [-0.2, 0) is 4.79 Å². The van der Waals surface area contributed by atoms with Crippen molar-refractivity contribution >= 4 is 39.9 Å². The fourth-order valence-electron chi connectivity index (χ4n) is 2.10. The zero-order chi connectivity index (χ0) is 16.4. The zero-order valence-electron chi connectivity index (χ0n) is 11.7. The van der Waals surface area contributed by atoms with Crippen molar-refractivity contribution in [2.45, 2.75) is 0 Å². The minimum Gasteiger partial charge on any atom is -0.480 e. The molecule has 0 aliphatic rings. The van der Waals surface area contributed by atoms with E-state index in [9.17, 15) is 14.4 Å². The Bertz CT molecular complexity index is 912. The number of fused-ring (bicyclic) bond motifs is 1. The molecule has 0 saturated heterocycles. The minimum absolute atomic E-state index is 0.0273. The lowest BCUT2D eigenvalue weighted by Gasteiger charge is -1.98. The van der Waals surface area contributed by atoms with Gasteiger partial charge < -0.3 is 15.4 Å². The Morgan fingerprint density at radius 1 is 1.26 bits per heavy atom. The lowest BCUT2D eigenvalue weighted by Crippen LogP contribution is -2.29. The van der Waals surface area contributed by atoms with Crippen LogP contribution in [0.2, 0.25) is 0 Å². The van der Waals surface area contributed by atoms with Gasteiger partial charge in [0.05, 0.1) is 5.56 Å². The molecule has 3 N–H and O–H groups in total. The van der Waals surface area contributed by atoms with Gasteiger partial charge >= 0.3 is 5.97 Å². The predicted molar refractivity (Wildman–Crippen MR) is 83.8 cm³/mol. The lowest BCUT2D eigenvalue weighted by atomic mass is 10.1. The summed E-state index contributed by atoms with van der Waals surface area (Å²) in [5, 5.41) is 13.1. The number of rotatable bonds is 5. The van der Waals surface area contributed by atoms with E-state index >= 15 is 0 Å². The largest absolute Gasteiger partial charge is 0.480 e. The summed E-state index contributed by atoms with van der Waals surface area (Å²) in [7, 11) is 0. The first-order valence-electron chi connectivity index (χ1n) is 6.62. The van der Waals surface area contributed by atoms with Gasteiger partial charge in [-0.1, -0.05) is 18.2 Å². The summed E-state index contributed by atoms with van der Waals surface area (Å²) >= 11 is 1.04. The number of para-hydroxylation sites is 1. The van der Waals surface area contributed by atoms with E-state index in [2.05, 4.69) is 15.3 Å². The van der Waals surface area contributed by atoms with Gasteiger partial charge in [0.15, 0.2) is 5.01 Å². The van der Waals surface area contributed by atoms with E-state index in [1.165, 1.54) is 5.38 Å². The molecule has 3 aromatic rings. The number of amides is 1. The molecule has 1 aromatic carbocycles. The monoisotopic (exact) mass is 329 g/mol. The van der Waals surface area contributed by atoms with E-state index in [1.54, 1.807) is 6.20 Å². The van der Waals surface area contributed by atoms with Gasteiger partial charge in [-0.25, -0.2) is 4.98 Å².